The highest BCUT2D eigenvalue weighted by molar-refractivity contribution is 7.96. The average Bonchev–Trinajstić information content (AvgIpc) is 2.59. The highest BCUT2D eigenvalue weighted by Gasteiger charge is 2.23. The number of hydrogen-bond donors (Lipinski definition) is 2. The van der Waals surface area contributed by atoms with Crippen molar-refractivity contribution in [3.8, 4) is 0 Å². The highest BCUT2D eigenvalue weighted by atomic mass is 32.2. The third-order valence-corrected chi connectivity index (χ3v) is 4.32. The average molecular weight is 351 g/mol. The van der Waals surface area contributed by atoms with Gasteiger partial charge in [-0.25, -0.2) is 14.4 Å². The maximum atomic E-state index is 14.1. The van der Waals surface area contributed by atoms with Gasteiger partial charge >= 0.3 is 0 Å². The molecule has 1 aromatic carbocycles. The predicted molar refractivity (Wildman–Crippen MR) is 91.5 cm³/mol. The largest absolute Gasteiger partial charge is 0.373 e. The third-order valence-electron chi connectivity index (χ3n) is 3.86. The number of ether oxygens (including phenoxy) is 1. The molecule has 0 aliphatic carbocycles. The zero-order chi connectivity index (χ0) is 17.1. The van der Waals surface area contributed by atoms with Crippen LogP contribution in [0.25, 0.3) is 10.9 Å². The van der Waals surface area contributed by atoms with Crippen molar-refractivity contribution >= 4 is 34.6 Å². The van der Waals surface area contributed by atoms with Gasteiger partial charge in [-0.3, -0.25) is 9.52 Å². The maximum Gasteiger partial charge on any atom is 0.251 e. The van der Waals surface area contributed by atoms with Crippen molar-refractivity contribution in [3.63, 3.8) is 0 Å². The number of benzene rings is 1. The van der Waals surface area contributed by atoms with Crippen LogP contribution >= 0.6 is 11.9 Å². The standard InChI is InChI=1S/C15H18FN5O2S/c1-24-20-6-9-7-21(2-3-23-9)15-11-4-12(16)10(14(17)22)5-13(11)18-8-19-15/h4-5,8-9,20H,2-3,6-7H2,1H3,(H2,17,22). The van der Waals surface area contributed by atoms with Crippen molar-refractivity contribution < 1.29 is 13.9 Å². The molecule has 1 unspecified atom stereocenters. The molecule has 1 fully saturated rings. The van der Waals surface area contributed by atoms with Crippen molar-refractivity contribution in [2.45, 2.75) is 6.10 Å². The Balaban J connectivity index is 1.94. The quantitative estimate of drug-likeness (QED) is 0.774. The minimum absolute atomic E-state index is 0.0194. The molecule has 0 saturated carbocycles. The van der Waals surface area contributed by atoms with Crippen LogP contribution in [0.1, 0.15) is 10.4 Å². The molecule has 7 nitrogen and oxygen atoms in total. The third kappa shape index (κ3) is 3.42. The second-order valence-corrected chi connectivity index (χ2v) is 6.10. The molecule has 0 radical (unpaired) electrons. The normalized spacial score (nSPS) is 18.1. The van der Waals surface area contributed by atoms with Gasteiger partial charge < -0.3 is 15.4 Å². The second-order valence-electron chi connectivity index (χ2n) is 5.40. The van der Waals surface area contributed by atoms with E-state index in [2.05, 4.69) is 14.7 Å². The lowest BCUT2D eigenvalue weighted by atomic mass is 10.1. The first-order chi connectivity index (χ1) is 11.6. The Morgan fingerprint density at radius 3 is 3.12 bits per heavy atom. The Hall–Kier alpha value is -1.97. The van der Waals surface area contributed by atoms with Gasteiger partial charge in [0.1, 0.15) is 18.0 Å². The van der Waals surface area contributed by atoms with Gasteiger partial charge in [0.25, 0.3) is 5.91 Å². The summed E-state index contributed by atoms with van der Waals surface area (Å²) in [4.78, 5) is 21.8. The second kappa shape index (κ2) is 7.29. The van der Waals surface area contributed by atoms with E-state index >= 15 is 0 Å². The van der Waals surface area contributed by atoms with E-state index in [0.29, 0.717) is 43.0 Å². The summed E-state index contributed by atoms with van der Waals surface area (Å²) in [5.74, 6) is -0.851. The number of primary amides is 1. The molecule has 1 aromatic heterocycles. The van der Waals surface area contributed by atoms with Crippen molar-refractivity contribution in [1.82, 2.24) is 14.7 Å². The lowest BCUT2D eigenvalue weighted by molar-refractivity contribution is 0.0445. The van der Waals surface area contributed by atoms with E-state index in [1.165, 1.54) is 30.4 Å². The van der Waals surface area contributed by atoms with Crippen molar-refractivity contribution in [1.29, 1.82) is 0 Å². The fraction of sp³-hybridized carbons (Fsp3) is 0.400. The molecular weight excluding hydrogens is 333 g/mol. The van der Waals surface area contributed by atoms with Crippen LogP contribution in [-0.4, -0.2) is 54.5 Å². The Kier molecular flexibility index (Phi) is 5.12. The minimum atomic E-state index is -0.816. The number of carbonyl (C=O) groups excluding carboxylic acids is 1. The van der Waals surface area contributed by atoms with Gasteiger partial charge in [-0.2, -0.15) is 0 Å². The number of amides is 1. The first kappa shape index (κ1) is 16.9. The molecule has 1 aliphatic heterocycles. The smallest absolute Gasteiger partial charge is 0.251 e. The van der Waals surface area contributed by atoms with Crippen molar-refractivity contribution in [2.75, 3.05) is 37.4 Å². The molecule has 2 heterocycles. The van der Waals surface area contributed by atoms with Gasteiger partial charge in [-0.1, -0.05) is 11.9 Å². The first-order valence-electron chi connectivity index (χ1n) is 7.46. The molecule has 2 aromatic rings. The van der Waals surface area contributed by atoms with E-state index in [1.54, 1.807) is 0 Å². The molecule has 3 N–H and O–H groups in total. The molecule has 1 amide bonds. The topological polar surface area (TPSA) is 93.4 Å². The zero-order valence-electron chi connectivity index (χ0n) is 13.2. The van der Waals surface area contributed by atoms with Crippen LogP contribution in [0.3, 0.4) is 0 Å². The minimum Gasteiger partial charge on any atom is -0.373 e. The molecule has 1 saturated heterocycles. The van der Waals surface area contributed by atoms with Crippen molar-refractivity contribution in [3.05, 3.63) is 29.8 Å². The van der Waals surface area contributed by atoms with E-state index in [-0.39, 0.29) is 11.7 Å². The molecule has 0 spiro atoms. The summed E-state index contributed by atoms with van der Waals surface area (Å²) in [6, 6.07) is 2.64. The SMILES string of the molecule is CSNCC1CN(c2ncnc3cc(C(N)=O)c(F)cc23)CCO1. The molecule has 0 bridgehead atoms. The van der Waals surface area contributed by atoms with Crippen LogP contribution in [0.4, 0.5) is 10.2 Å². The Labute approximate surface area is 142 Å². The lowest BCUT2D eigenvalue weighted by Gasteiger charge is -2.34. The number of nitrogens with one attached hydrogen (secondary N) is 1. The van der Waals surface area contributed by atoms with Gasteiger partial charge in [0.05, 0.1) is 23.8 Å². The van der Waals surface area contributed by atoms with Gasteiger partial charge in [0.15, 0.2) is 0 Å². The fourth-order valence-corrected chi connectivity index (χ4v) is 3.07. The summed E-state index contributed by atoms with van der Waals surface area (Å²) in [5.41, 5.74) is 5.51. The molecule has 128 valence electrons. The number of hydrogen-bond acceptors (Lipinski definition) is 7. The summed E-state index contributed by atoms with van der Waals surface area (Å²) < 4.78 is 23.0. The zero-order valence-corrected chi connectivity index (χ0v) is 14.0. The number of anilines is 1. The maximum absolute atomic E-state index is 14.1. The number of morpholine rings is 1. The van der Waals surface area contributed by atoms with Gasteiger partial charge in [0.2, 0.25) is 0 Å². The number of nitrogens with two attached hydrogens (primary N) is 1. The monoisotopic (exact) mass is 351 g/mol. The number of fused-ring (bicyclic) bond motifs is 1. The number of halogens is 1. The van der Waals surface area contributed by atoms with E-state index in [0.717, 1.165) is 0 Å². The van der Waals surface area contributed by atoms with Gasteiger partial charge in [-0.05, 0) is 18.4 Å². The molecule has 3 rings (SSSR count). The van der Waals surface area contributed by atoms with E-state index in [1.807, 2.05) is 11.2 Å². The summed E-state index contributed by atoms with van der Waals surface area (Å²) >= 11 is 1.53. The van der Waals surface area contributed by atoms with Gasteiger partial charge in [-0.15, -0.1) is 0 Å². The Morgan fingerprint density at radius 2 is 2.38 bits per heavy atom. The number of aromatic nitrogens is 2. The summed E-state index contributed by atoms with van der Waals surface area (Å²) in [5, 5.41) is 0.554. The fourth-order valence-electron chi connectivity index (χ4n) is 2.72. The molecular formula is C15H18FN5O2S. The number of nitrogens with zero attached hydrogens (tertiary/aromatic N) is 3. The number of rotatable bonds is 5. The molecule has 9 heteroatoms. The molecule has 1 atom stereocenters. The Morgan fingerprint density at radius 1 is 1.54 bits per heavy atom. The van der Waals surface area contributed by atoms with Crippen LogP contribution < -0.4 is 15.4 Å². The van der Waals surface area contributed by atoms with Crippen LogP contribution in [-0.2, 0) is 4.74 Å². The summed E-state index contributed by atoms with van der Waals surface area (Å²) in [6.07, 6.45) is 3.38. The van der Waals surface area contributed by atoms with E-state index < -0.39 is 11.7 Å². The van der Waals surface area contributed by atoms with Gasteiger partial charge in [0, 0.05) is 25.0 Å². The highest BCUT2D eigenvalue weighted by Crippen LogP contribution is 2.27. The van der Waals surface area contributed by atoms with Crippen LogP contribution in [0.5, 0.6) is 0 Å². The summed E-state index contributed by atoms with van der Waals surface area (Å²) in [7, 11) is 0. The van der Waals surface area contributed by atoms with E-state index in [4.69, 9.17) is 10.5 Å². The first-order valence-corrected chi connectivity index (χ1v) is 8.69. The van der Waals surface area contributed by atoms with Crippen molar-refractivity contribution in [2.24, 2.45) is 5.73 Å². The number of carbonyl (C=O) groups is 1. The van der Waals surface area contributed by atoms with Crippen LogP contribution in [0.2, 0.25) is 0 Å². The molecule has 24 heavy (non-hydrogen) atoms. The van der Waals surface area contributed by atoms with Crippen LogP contribution in [0.15, 0.2) is 18.5 Å². The van der Waals surface area contributed by atoms with Crippen LogP contribution in [0, 0.1) is 5.82 Å². The lowest BCUT2D eigenvalue weighted by Crippen LogP contribution is -2.46. The molecule has 1 aliphatic rings. The predicted octanol–water partition coefficient (Wildman–Crippen LogP) is 0.941. The Bertz CT molecular complexity index is 760. The summed E-state index contributed by atoms with van der Waals surface area (Å²) in [6.45, 7) is 2.56. The van der Waals surface area contributed by atoms with E-state index in [9.17, 15) is 9.18 Å².